The van der Waals surface area contributed by atoms with E-state index in [0.717, 1.165) is 22.2 Å². The topological polar surface area (TPSA) is 115 Å². The Bertz CT molecular complexity index is 1190. The van der Waals surface area contributed by atoms with Gasteiger partial charge in [-0.1, -0.05) is 36.5 Å². The molecule has 0 unspecified atom stereocenters. The molecule has 0 amide bonds. The minimum atomic E-state index is -3.70. The first-order chi connectivity index (χ1) is 14.3. The molecule has 1 saturated heterocycles. The number of fused-ring (bicyclic) bond motifs is 1. The zero-order chi connectivity index (χ0) is 21.5. The molecule has 0 spiro atoms. The van der Waals surface area contributed by atoms with Crippen molar-refractivity contribution in [2.24, 2.45) is 5.92 Å². The smallest absolute Gasteiger partial charge is 0.309 e. The first-order valence-corrected chi connectivity index (χ1v) is 11.8. The maximum absolute atomic E-state index is 13.1. The summed E-state index contributed by atoms with van der Waals surface area (Å²) in [6, 6.07) is 7.24. The van der Waals surface area contributed by atoms with E-state index in [9.17, 15) is 18.3 Å². The summed E-state index contributed by atoms with van der Waals surface area (Å²) in [5.74, 6) is -0.954. The maximum Gasteiger partial charge on any atom is 0.309 e. The van der Waals surface area contributed by atoms with Crippen LogP contribution in [0.1, 0.15) is 25.6 Å². The van der Waals surface area contributed by atoms with Crippen LogP contribution in [0, 0.1) is 5.92 Å². The molecule has 2 atom stereocenters. The van der Waals surface area contributed by atoms with E-state index in [1.165, 1.54) is 10.5 Å². The van der Waals surface area contributed by atoms with E-state index < -0.39 is 16.0 Å². The van der Waals surface area contributed by atoms with E-state index in [0.29, 0.717) is 24.0 Å². The van der Waals surface area contributed by atoms with Crippen molar-refractivity contribution in [3.63, 3.8) is 0 Å². The summed E-state index contributed by atoms with van der Waals surface area (Å²) in [5, 5.41) is 14.9. The Labute approximate surface area is 178 Å². The molecule has 0 bridgehead atoms. The minimum absolute atomic E-state index is 0.0000397. The molecule has 3 heterocycles. The fourth-order valence-corrected chi connectivity index (χ4v) is 6.52. The predicted molar refractivity (Wildman–Crippen MR) is 111 cm³/mol. The van der Waals surface area contributed by atoms with Crippen LogP contribution in [0.15, 0.2) is 34.7 Å². The maximum atomic E-state index is 13.1. The highest BCUT2D eigenvalue weighted by atomic mass is 32.2. The molecule has 11 heteroatoms. The van der Waals surface area contributed by atoms with E-state index in [-0.39, 0.29) is 29.1 Å². The lowest BCUT2D eigenvalue weighted by Crippen LogP contribution is -2.29. The van der Waals surface area contributed by atoms with Gasteiger partial charge in [-0.2, -0.15) is 9.40 Å². The number of carboxylic acid groups (broad SMARTS) is 1. The van der Waals surface area contributed by atoms with Crippen LogP contribution in [0.3, 0.4) is 0 Å². The minimum Gasteiger partial charge on any atom is -0.481 e. The Kier molecular flexibility index (Phi) is 5.51. The van der Waals surface area contributed by atoms with Gasteiger partial charge < -0.3 is 9.84 Å². The molecule has 0 aliphatic carbocycles. The molecular weight excluding hydrogens is 428 g/mol. The molecule has 1 aliphatic heterocycles. The largest absolute Gasteiger partial charge is 0.481 e. The van der Waals surface area contributed by atoms with Crippen molar-refractivity contribution >= 4 is 38.2 Å². The van der Waals surface area contributed by atoms with Crippen molar-refractivity contribution in [2.75, 3.05) is 19.7 Å². The standard InChI is InChI=1S/C19H22N4O5S2/c1-3-28-19-20-9-18(29-19)30(26,27)22-10-12(2)16(11-22)23-15-7-5-4-6-13(15)14(21-23)8-17(24)25/h4-7,9,12,16H,3,8,10-11H2,1-2H3,(H,24,25)/t12-,16+/m1/s1. The lowest BCUT2D eigenvalue weighted by atomic mass is 10.1. The quantitative estimate of drug-likeness (QED) is 0.588. The predicted octanol–water partition coefficient (Wildman–Crippen LogP) is 2.40. The molecular formula is C19H22N4O5S2. The summed E-state index contributed by atoms with van der Waals surface area (Å²) in [5.41, 5.74) is 1.29. The van der Waals surface area contributed by atoms with E-state index in [2.05, 4.69) is 10.1 Å². The van der Waals surface area contributed by atoms with Crippen LogP contribution >= 0.6 is 11.3 Å². The van der Waals surface area contributed by atoms with Crippen LogP contribution < -0.4 is 4.74 Å². The number of carbonyl (C=O) groups is 1. The van der Waals surface area contributed by atoms with Gasteiger partial charge in [-0.05, 0) is 18.9 Å². The third kappa shape index (κ3) is 3.68. The molecule has 0 saturated carbocycles. The highest BCUT2D eigenvalue weighted by molar-refractivity contribution is 7.91. The number of benzene rings is 1. The number of para-hydroxylation sites is 1. The number of aromatic nitrogens is 3. The highest BCUT2D eigenvalue weighted by Crippen LogP contribution is 2.36. The van der Waals surface area contributed by atoms with Crippen molar-refractivity contribution in [1.29, 1.82) is 0 Å². The van der Waals surface area contributed by atoms with Gasteiger partial charge in [-0.15, -0.1) is 0 Å². The number of sulfonamides is 1. The van der Waals surface area contributed by atoms with E-state index >= 15 is 0 Å². The summed E-state index contributed by atoms with van der Waals surface area (Å²) in [7, 11) is -3.70. The van der Waals surface area contributed by atoms with Gasteiger partial charge in [0.05, 0.1) is 36.5 Å². The number of aliphatic carboxylic acids is 1. The second kappa shape index (κ2) is 7.97. The van der Waals surface area contributed by atoms with Gasteiger partial charge in [0, 0.05) is 18.5 Å². The van der Waals surface area contributed by atoms with Gasteiger partial charge in [0.2, 0.25) is 0 Å². The Morgan fingerprint density at radius 3 is 2.83 bits per heavy atom. The lowest BCUT2D eigenvalue weighted by Gasteiger charge is -2.17. The average Bonchev–Trinajstić information content (AvgIpc) is 3.40. The Hall–Kier alpha value is -2.50. The van der Waals surface area contributed by atoms with E-state index in [1.807, 2.05) is 38.1 Å². The Morgan fingerprint density at radius 2 is 2.10 bits per heavy atom. The van der Waals surface area contributed by atoms with Gasteiger partial charge in [-0.3, -0.25) is 9.48 Å². The van der Waals surface area contributed by atoms with Crippen molar-refractivity contribution < 1.29 is 23.1 Å². The number of hydrogen-bond acceptors (Lipinski definition) is 7. The zero-order valence-electron chi connectivity index (χ0n) is 16.6. The normalized spacial score (nSPS) is 20.1. The second-order valence-electron chi connectivity index (χ2n) is 7.22. The highest BCUT2D eigenvalue weighted by Gasteiger charge is 2.40. The van der Waals surface area contributed by atoms with Gasteiger partial charge in [0.25, 0.3) is 15.2 Å². The number of rotatable bonds is 7. The van der Waals surface area contributed by atoms with Crippen LogP contribution in [0.2, 0.25) is 0 Å². The Morgan fingerprint density at radius 1 is 1.33 bits per heavy atom. The van der Waals surface area contributed by atoms with Crippen molar-refractivity contribution in [3.05, 3.63) is 36.2 Å². The molecule has 1 aromatic carbocycles. The monoisotopic (exact) mass is 450 g/mol. The fraction of sp³-hybridized carbons (Fsp3) is 0.421. The van der Waals surface area contributed by atoms with Crippen LogP contribution in [-0.2, 0) is 21.2 Å². The molecule has 1 N–H and O–H groups in total. The average molecular weight is 451 g/mol. The number of nitrogens with zero attached hydrogens (tertiary/aromatic N) is 4. The van der Waals surface area contributed by atoms with Gasteiger partial charge in [0.1, 0.15) is 0 Å². The summed E-state index contributed by atoms with van der Waals surface area (Å²) < 4.78 is 34.9. The van der Waals surface area contributed by atoms with Gasteiger partial charge in [-0.25, -0.2) is 13.4 Å². The fourth-order valence-electron chi connectivity index (χ4n) is 3.78. The van der Waals surface area contributed by atoms with Crippen LogP contribution in [-0.4, -0.2) is 58.3 Å². The van der Waals surface area contributed by atoms with Crippen LogP contribution in [0.4, 0.5) is 0 Å². The third-order valence-corrected chi connectivity index (χ3v) is 8.37. The molecule has 1 aliphatic rings. The van der Waals surface area contributed by atoms with Crippen LogP contribution in [0.5, 0.6) is 5.19 Å². The summed E-state index contributed by atoms with van der Waals surface area (Å²) in [6.45, 7) is 4.81. The van der Waals surface area contributed by atoms with Crippen molar-refractivity contribution in [1.82, 2.24) is 19.1 Å². The zero-order valence-corrected chi connectivity index (χ0v) is 18.2. The molecule has 3 aromatic rings. The Balaban J connectivity index is 1.65. The summed E-state index contributed by atoms with van der Waals surface area (Å²) in [4.78, 5) is 15.3. The van der Waals surface area contributed by atoms with Crippen molar-refractivity contribution in [2.45, 2.75) is 30.5 Å². The molecule has 1 fully saturated rings. The first-order valence-electron chi connectivity index (χ1n) is 9.58. The third-order valence-electron chi connectivity index (χ3n) is 5.19. The van der Waals surface area contributed by atoms with Gasteiger partial charge in [0.15, 0.2) is 4.21 Å². The van der Waals surface area contributed by atoms with E-state index in [1.54, 1.807) is 4.68 Å². The van der Waals surface area contributed by atoms with E-state index in [4.69, 9.17) is 4.74 Å². The molecule has 4 rings (SSSR count). The molecule has 2 aromatic heterocycles. The number of thiazole rings is 1. The summed E-state index contributed by atoms with van der Waals surface area (Å²) >= 11 is 1.01. The summed E-state index contributed by atoms with van der Waals surface area (Å²) in [6.07, 6.45) is 1.15. The molecule has 9 nitrogen and oxygen atoms in total. The van der Waals surface area contributed by atoms with Gasteiger partial charge >= 0.3 is 5.97 Å². The molecule has 0 radical (unpaired) electrons. The second-order valence-corrected chi connectivity index (χ2v) is 10.4. The number of hydrogen-bond donors (Lipinski definition) is 1. The van der Waals surface area contributed by atoms with Crippen molar-refractivity contribution in [3.8, 4) is 5.19 Å². The van der Waals surface area contributed by atoms with Crippen LogP contribution in [0.25, 0.3) is 10.9 Å². The number of carboxylic acids is 1. The molecule has 30 heavy (non-hydrogen) atoms. The SMILES string of the molecule is CCOc1ncc(S(=O)(=O)N2C[C@@H](C)[C@@H](n3nc(CC(=O)O)c4ccccc43)C2)s1. The first kappa shape index (κ1) is 20.8. The lowest BCUT2D eigenvalue weighted by molar-refractivity contribution is -0.136. The molecule has 160 valence electrons. The number of ether oxygens (including phenoxy) is 1.